The lowest BCUT2D eigenvalue weighted by Gasteiger charge is -2.29. The van der Waals surface area contributed by atoms with Crippen LogP contribution < -0.4 is 11.1 Å². The average molecular weight is 314 g/mol. The largest absolute Gasteiger partial charge is 0.397 e. The molecule has 2 heterocycles. The molecule has 1 fully saturated rings. The van der Waals surface area contributed by atoms with Crippen LogP contribution in [0.2, 0.25) is 0 Å². The van der Waals surface area contributed by atoms with Gasteiger partial charge in [0.2, 0.25) is 0 Å². The number of nitrogens with one attached hydrogen (secondary N) is 1. The van der Waals surface area contributed by atoms with Gasteiger partial charge in [0.05, 0.1) is 16.4 Å². The van der Waals surface area contributed by atoms with Crippen molar-refractivity contribution in [1.82, 2.24) is 4.98 Å². The minimum absolute atomic E-state index is 0.390. The van der Waals surface area contributed by atoms with E-state index in [1.54, 1.807) is 6.20 Å². The molecule has 0 aromatic carbocycles. The lowest BCUT2D eigenvalue weighted by molar-refractivity contribution is 0.0622. The normalized spacial score (nSPS) is 18.6. The van der Waals surface area contributed by atoms with Crippen molar-refractivity contribution >= 4 is 27.4 Å². The Kier molecular flexibility index (Phi) is 4.45. The SMILES string of the molecule is Cc1c(N)cnc(NC(C)C2CCOCC2)c1Br. The molecule has 100 valence electrons. The van der Waals surface area contributed by atoms with Gasteiger partial charge in [-0.25, -0.2) is 4.98 Å². The fourth-order valence-corrected chi connectivity index (χ4v) is 2.69. The summed E-state index contributed by atoms with van der Waals surface area (Å²) in [6, 6.07) is 0.390. The van der Waals surface area contributed by atoms with Gasteiger partial charge in [-0.05, 0) is 54.1 Å². The summed E-state index contributed by atoms with van der Waals surface area (Å²) in [6.07, 6.45) is 3.93. The molecule has 2 rings (SSSR count). The van der Waals surface area contributed by atoms with Gasteiger partial charge in [0, 0.05) is 19.3 Å². The second-order valence-corrected chi connectivity index (χ2v) is 5.68. The molecule has 0 radical (unpaired) electrons. The summed E-state index contributed by atoms with van der Waals surface area (Å²) >= 11 is 3.55. The fraction of sp³-hybridized carbons (Fsp3) is 0.615. The number of nitrogens with two attached hydrogens (primary N) is 1. The Morgan fingerprint density at radius 2 is 2.17 bits per heavy atom. The van der Waals surface area contributed by atoms with Gasteiger partial charge in [-0.15, -0.1) is 0 Å². The van der Waals surface area contributed by atoms with Gasteiger partial charge in [-0.2, -0.15) is 0 Å². The molecule has 0 aliphatic carbocycles. The monoisotopic (exact) mass is 313 g/mol. The zero-order valence-electron chi connectivity index (χ0n) is 10.9. The summed E-state index contributed by atoms with van der Waals surface area (Å²) in [7, 11) is 0. The Labute approximate surface area is 116 Å². The molecule has 0 saturated carbocycles. The lowest BCUT2D eigenvalue weighted by Crippen LogP contribution is -2.31. The molecule has 0 bridgehead atoms. The van der Waals surface area contributed by atoms with Crippen molar-refractivity contribution in [3.63, 3.8) is 0 Å². The second kappa shape index (κ2) is 5.89. The van der Waals surface area contributed by atoms with Crippen LogP contribution in [0.25, 0.3) is 0 Å². The van der Waals surface area contributed by atoms with Crippen molar-refractivity contribution in [2.75, 3.05) is 24.3 Å². The standard InChI is InChI=1S/C13H20BrN3O/c1-8-11(15)7-16-13(12(8)14)17-9(2)10-3-5-18-6-4-10/h7,9-10H,3-6,15H2,1-2H3,(H,16,17). The van der Waals surface area contributed by atoms with Gasteiger partial charge >= 0.3 is 0 Å². The van der Waals surface area contributed by atoms with Gasteiger partial charge in [-0.3, -0.25) is 0 Å². The molecule has 5 heteroatoms. The number of ether oxygens (including phenoxy) is 1. The number of anilines is 2. The maximum Gasteiger partial charge on any atom is 0.140 e. The molecule has 1 unspecified atom stereocenters. The molecule has 3 N–H and O–H groups in total. The molecule has 1 aromatic rings. The molecule has 1 atom stereocenters. The Hall–Kier alpha value is -0.810. The highest BCUT2D eigenvalue weighted by atomic mass is 79.9. The predicted molar refractivity (Wildman–Crippen MR) is 77.7 cm³/mol. The Balaban J connectivity index is 2.06. The predicted octanol–water partition coefficient (Wildman–Crippen LogP) is 2.96. The molecule has 1 aliphatic heterocycles. The highest BCUT2D eigenvalue weighted by Gasteiger charge is 2.21. The van der Waals surface area contributed by atoms with Crippen LogP contribution in [-0.4, -0.2) is 24.2 Å². The highest BCUT2D eigenvalue weighted by molar-refractivity contribution is 9.10. The molecule has 1 saturated heterocycles. The molecule has 1 aromatic heterocycles. The van der Waals surface area contributed by atoms with Crippen LogP contribution in [0.5, 0.6) is 0 Å². The summed E-state index contributed by atoms with van der Waals surface area (Å²) in [4.78, 5) is 4.36. The maximum absolute atomic E-state index is 5.83. The van der Waals surface area contributed by atoms with Gasteiger partial charge < -0.3 is 15.8 Å². The Morgan fingerprint density at radius 1 is 1.50 bits per heavy atom. The smallest absolute Gasteiger partial charge is 0.140 e. The number of pyridine rings is 1. The minimum Gasteiger partial charge on any atom is -0.397 e. The van der Waals surface area contributed by atoms with Crippen molar-refractivity contribution in [2.24, 2.45) is 5.92 Å². The molecular formula is C13H20BrN3O. The third-order valence-electron chi connectivity index (χ3n) is 3.64. The molecule has 0 amide bonds. The van der Waals surface area contributed by atoms with Crippen LogP contribution in [0.4, 0.5) is 11.5 Å². The van der Waals surface area contributed by atoms with Crippen LogP contribution in [-0.2, 0) is 4.74 Å². The number of nitrogen functional groups attached to an aromatic ring is 1. The van der Waals surface area contributed by atoms with Crippen molar-refractivity contribution in [3.05, 3.63) is 16.2 Å². The van der Waals surface area contributed by atoms with Crippen LogP contribution in [0.3, 0.4) is 0 Å². The summed E-state index contributed by atoms with van der Waals surface area (Å²) in [5.41, 5.74) is 7.57. The van der Waals surface area contributed by atoms with Crippen LogP contribution >= 0.6 is 15.9 Å². The van der Waals surface area contributed by atoms with Gasteiger partial charge in [0.1, 0.15) is 5.82 Å². The Morgan fingerprint density at radius 3 is 2.83 bits per heavy atom. The van der Waals surface area contributed by atoms with E-state index < -0.39 is 0 Å². The van der Waals surface area contributed by atoms with E-state index in [0.717, 1.165) is 41.9 Å². The first-order valence-corrected chi connectivity index (χ1v) is 7.13. The van der Waals surface area contributed by atoms with Crippen molar-refractivity contribution in [1.29, 1.82) is 0 Å². The third kappa shape index (κ3) is 2.95. The van der Waals surface area contributed by atoms with Gasteiger partial charge in [0.15, 0.2) is 0 Å². The fourth-order valence-electron chi connectivity index (χ4n) is 2.24. The summed E-state index contributed by atoms with van der Waals surface area (Å²) in [5.74, 6) is 1.52. The number of halogens is 1. The second-order valence-electron chi connectivity index (χ2n) is 4.88. The number of rotatable bonds is 3. The van der Waals surface area contributed by atoms with E-state index >= 15 is 0 Å². The molecule has 18 heavy (non-hydrogen) atoms. The van der Waals surface area contributed by atoms with Crippen LogP contribution in [0, 0.1) is 12.8 Å². The van der Waals surface area contributed by atoms with E-state index in [0.29, 0.717) is 17.6 Å². The molecule has 0 spiro atoms. The zero-order valence-corrected chi connectivity index (χ0v) is 12.5. The third-order valence-corrected chi connectivity index (χ3v) is 4.61. The number of hydrogen-bond acceptors (Lipinski definition) is 4. The van der Waals surface area contributed by atoms with E-state index in [2.05, 4.69) is 33.2 Å². The first kappa shape index (κ1) is 13.6. The van der Waals surface area contributed by atoms with E-state index in [-0.39, 0.29) is 0 Å². The first-order valence-electron chi connectivity index (χ1n) is 6.34. The average Bonchev–Trinajstić information content (AvgIpc) is 2.40. The van der Waals surface area contributed by atoms with E-state index in [4.69, 9.17) is 10.5 Å². The van der Waals surface area contributed by atoms with Crippen LogP contribution in [0.1, 0.15) is 25.3 Å². The molecule has 1 aliphatic rings. The van der Waals surface area contributed by atoms with Gasteiger partial charge in [-0.1, -0.05) is 0 Å². The highest BCUT2D eigenvalue weighted by Crippen LogP contribution is 2.29. The summed E-state index contributed by atoms with van der Waals surface area (Å²) in [6.45, 7) is 5.93. The van der Waals surface area contributed by atoms with Gasteiger partial charge in [0.25, 0.3) is 0 Å². The van der Waals surface area contributed by atoms with Crippen molar-refractivity contribution in [3.8, 4) is 0 Å². The number of nitrogens with zero attached hydrogens (tertiary/aromatic N) is 1. The minimum atomic E-state index is 0.390. The van der Waals surface area contributed by atoms with Crippen molar-refractivity contribution < 1.29 is 4.74 Å². The molecule has 4 nitrogen and oxygen atoms in total. The van der Waals surface area contributed by atoms with E-state index in [1.165, 1.54) is 0 Å². The number of hydrogen-bond donors (Lipinski definition) is 2. The summed E-state index contributed by atoms with van der Waals surface area (Å²) in [5, 5.41) is 3.48. The van der Waals surface area contributed by atoms with Crippen molar-refractivity contribution in [2.45, 2.75) is 32.7 Å². The van der Waals surface area contributed by atoms with E-state index in [1.807, 2.05) is 6.92 Å². The summed E-state index contributed by atoms with van der Waals surface area (Å²) < 4.78 is 6.35. The maximum atomic E-state index is 5.83. The molecular weight excluding hydrogens is 294 g/mol. The number of aromatic nitrogens is 1. The lowest BCUT2D eigenvalue weighted by atomic mass is 9.93. The zero-order chi connectivity index (χ0) is 13.1. The first-order chi connectivity index (χ1) is 8.59. The quantitative estimate of drug-likeness (QED) is 0.900. The van der Waals surface area contributed by atoms with E-state index in [9.17, 15) is 0 Å². The topological polar surface area (TPSA) is 60.2 Å². The Bertz CT molecular complexity index is 419. The van der Waals surface area contributed by atoms with Crippen LogP contribution in [0.15, 0.2) is 10.7 Å².